The molecule has 0 fully saturated rings. The van der Waals surface area contributed by atoms with Crippen molar-refractivity contribution in [1.29, 1.82) is 0 Å². The van der Waals surface area contributed by atoms with Gasteiger partial charge >= 0.3 is 0 Å². The summed E-state index contributed by atoms with van der Waals surface area (Å²) in [6.07, 6.45) is 1.81. The van der Waals surface area contributed by atoms with E-state index in [1.54, 1.807) is 0 Å². The topological polar surface area (TPSA) is 50.9 Å². The normalized spacial score (nSPS) is 10.8. The molecule has 0 saturated carbocycles. The number of hydrogen-bond donors (Lipinski definition) is 2. The molecule has 0 radical (unpaired) electrons. The Morgan fingerprint density at radius 1 is 1.73 bits per heavy atom. The summed E-state index contributed by atoms with van der Waals surface area (Å²) in [6, 6.07) is 0.495. The van der Waals surface area contributed by atoms with Crippen LogP contribution < -0.4 is 11.1 Å². The minimum atomic E-state index is 0.495. The first-order chi connectivity index (χ1) is 5.20. The molecule has 0 aromatic carbocycles. The lowest BCUT2D eigenvalue weighted by Gasteiger charge is -2.05. The summed E-state index contributed by atoms with van der Waals surface area (Å²) in [4.78, 5) is 0. The maximum atomic E-state index is 5.64. The van der Waals surface area contributed by atoms with E-state index in [1.165, 1.54) is 11.5 Å². The molecule has 4 heteroatoms. The SMILES string of the molecule is CC(C)NCc1cnsc1N. The Kier molecular flexibility index (Phi) is 2.84. The highest BCUT2D eigenvalue weighted by Gasteiger charge is 2.01. The Morgan fingerprint density at radius 2 is 2.45 bits per heavy atom. The van der Waals surface area contributed by atoms with E-state index >= 15 is 0 Å². The zero-order chi connectivity index (χ0) is 8.27. The third kappa shape index (κ3) is 2.48. The number of rotatable bonds is 3. The molecule has 0 amide bonds. The zero-order valence-electron chi connectivity index (χ0n) is 6.79. The predicted molar refractivity (Wildman–Crippen MR) is 48.5 cm³/mol. The van der Waals surface area contributed by atoms with Gasteiger partial charge in [-0.3, -0.25) is 0 Å². The van der Waals surface area contributed by atoms with E-state index < -0.39 is 0 Å². The molecule has 0 aliphatic carbocycles. The van der Waals surface area contributed by atoms with Gasteiger partial charge in [-0.2, -0.15) is 4.37 Å². The van der Waals surface area contributed by atoms with Crippen molar-refractivity contribution < 1.29 is 0 Å². The van der Waals surface area contributed by atoms with Gasteiger partial charge in [0.1, 0.15) is 5.00 Å². The third-order valence-corrected chi connectivity index (χ3v) is 2.05. The Bertz CT molecular complexity index is 219. The Labute approximate surface area is 70.8 Å². The van der Waals surface area contributed by atoms with Crippen LogP contribution in [0.25, 0.3) is 0 Å². The fraction of sp³-hybridized carbons (Fsp3) is 0.571. The first-order valence-corrected chi connectivity index (χ1v) is 4.40. The van der Waals surface area contributed by atoms with Crippen LogP contribution in [0, 0.1) is 0 Å². The summed E-state index contributed by atoms with van der Waals surface area (Å²) in [5.41, 5.74) is 6.74. The lowest BCUT2D eigenvalue weighted by atomic mass is 10.3. The summed E-state index contributed by atoms with van der Waals surface area (Å²) in [5.74, 6) is 0. The molecule has 11 heavy (non-hydrogen) atoms. The van der Waals surface area contributed by atoms with Gasteiger partial charge < -0.3 is 11.1 Å². The van der Waals surface area contributed by atoms with Crippen LogP contribution in [0.15, 0.2) is 6.20 Å². The van der Waals surface area contributed by atoms with Crippen molar-refractivity contribution in [1.82, 2.24) is 9.69 Å². The van der Waals surface area contributed by atoms with E-state index in [-0.39, 0.29) is 0 Å². The minimum Gasteiger partial charge on any atom is -0.389 e. The van der Waals surface area contributed by atoms with Crippen molar-refractivity contribution in [2.45, 2.75) is 26.4 Å². The molecular formula is C7H13N3S. The first-order valence-electron chi connectivity index (χ1n) is 3.62. The van der Waals surface area contributed by atoms with E-state index in [9.17, 15) is 0 Å². The molecule has 1 heterocycles. The first kappa shape index (κ1) is 8.49. The highest BCUT2D eigenvalue weighted by Crippen LogP contribution is 2.14. The highest BCUT2D eigenvalue weighted by molar-refractivity contribution is 7.10. The monoisotopic (exact) mass is 171 g/mol. The lowest BCUT2D eigenvalue weighted by molar-refractivity contribution is 0.590. The number of hydrogen-bond acceptors (Lipinski definition) is 4. The number of anilines is 1. The largest absolute Gasteiger partial charge is 0.389 e. The quantitative estimate of drug-likeness (QED) is 0.719. The van der Waals surface area contributed by atoms with Crippen molar-refractivity contribution in [3.63, 3.8) is 0 Å². The van der Waals surface area contributed by atoms with E-state index in [1.807, 2.05) is 6.20 Å². The Hall–Kier alpha value is -0.610. The van der Waals surface area contributed by atoms with E-state index in [2.05, 4.69) is 23.5 Å². The maximum absolute atomic E-state index is 5.64. The van der Waals surface area contributed by atoms with Gasteiger partial charge in [0, 0.05) is 24.3 Å². The van der Waals surface area contributed by atoms with Crippen LogP contribution in [0.2, 0.25) is 0 Å². The van der Waals surface area contributed by atoms with Gasteiger partial charge in [-0.15, -0.1) is 0 Å². The van der Waals surface area contributed by atoms with Crippen LogP contribution in [0.5, 0.6) is 0 Å². The van der Waals surface area contributed by atoms with Crippen molar-refractivity contribution in [2.24, 2.45) is 0 Å². The molecule has 0 atom stereocenters. The number of nitrogens with zero attached hydrogens (tertiary/aromatic N) is 1. The predicted octanol–water partition coefficient (Wildman–Crippen LogP) is 1.22. The van der Waals surface area contributed by atoms with Crippen molar-refractivity contribution in [3.05, 3.63) is 11.8 Å². The maximum Gasteiger partial charge on any atom is 0.111 e. The van der Waals surface area contributed by atoms with Crippen molar-refractivity contribution in [2.75, 3.05) is 5.73 Å². The van der Waals surface area contributed by atoms with Crippen LogP contribution in [-0.2, 0) is 6.54 Å². The van der Waals surface area contributed by atoms with Crippen LogP contribution in [0.4, 0.5) is 5.00 Å². The van der Waals surface area contributed by atoms with Gasteiger partial charge in [-0.25, -0.2) is 0 Å². The molecule has 0 aliphatic heterocycles. The fourth-order valence-electron chi connectivity index (χ4n) is 0.716. The molecule has 1 aromatic rings. The molecule has 3 N–H and O–H groups in total. The smallest absolute Gasteiger partial charge is 0.111 e. The van der Waals surface area contributed by atoms with Gasteiger partial charge in [0.25, 0.3) is 0 Å². The molecule has 0 saturated heterocycles. The molecular weight excluding hydrogens is 158 g/mol. The number of aromatic nitrogens is 1. The molecule has 0 aliphatic rings. The lowest BCUT2D eigenvalue weighted by Crippen LogP contribution is -2.21. The summed E-state index contributed by atoms with van der Waals surface area (Å²) < 4.78 is 3.98. The van der Waals surface area contributed by atoms with Gasteiger partial charge in [-0.1, -0.05) is 13.8 Å². The van der Waals surface area contributed by atoms with E-state index in [0.717, 1.165) is 17.1 Å². The van der Waals surface area contributed by atoms with Crippen molar-refractivity contribution >= 4 is 16.5 Å². The number of nitrogens with two attached hydrogens (primary N) is 1. The van der Waals surface area contributed by atoms with Gasteiger partial charge in [0.2, 0.25) is 0 Å². The Balaban J connectivity index is 2.44. The van der Waals surface area contributed by atoms with Crippen LogP contribution in [0.3, 0.4) is 0 Å². The summed E-state index contributed by atoms with van der Waals surface area (Å²) >= 11 is 1.34. The molecule has 3 nitrogen and oxygen atoms in total. The van der Waals surface area contributed by atoms with Gasteiger partial charge in [0.15, 0.2) is 0 Å². The van der Waals surface area contributed by atoms with Crippen molar-refractivity contribution in [3.8, 4) is 0 Å². The van der Waals surface area contributed by atoms with Crippen LogP contribution in [0.1, 0.15) is 19.4 Å². The fourth-order valence-corrected chi connectivity index (χ4v) is 1.25. The minimum absolute atomic E-state index is 0.495. The van der Waals surface area contributed by atoms with E-state index in [0.29, 0.717) is 6.04 Å². The van der Waals surface area contributed by atoms with Crippen LogP contribution >= 0.6 is 11.5 Å². The summed E-state index contributed by atoms with van der Waals surface area (Å²) in [7, 11) is 0. The summed E-state index contributed by atoms with van der Waals surface area (Å²) in [6.45, 7) is 5.03. The summed E-state index contributed by atoms with van der Waals surface area (Å²) in [5, 5.41) is 4.09. The molecule has 1 aromatic heterocycles. The van der Waals surface area contributed by atoms with Gasteiger partial charge in [0.05, 0.1) is 0 Å². The highest BCUT2D eigenvalue weighted by atomic mass is 32.1. The van der Waals surface area contributed by atoms with Gasteiger partial charge in [-0.05, 0) is 11.5 Å². The molecule has 0 unspecified atom stereocenters. The molecule has 1 rings (SSSR count). The Morgan fingerprint density at radius 3 is 2.91 bits per heavy atom. The molecule has 0 bridgehead atoms. The average molecular weight is 171 g/mol. The second-order valence-corrected chi connectivity index (χ2v) is 3.58. The zero-order valence-corrected chi connectivity index (χ0v) is 7.61. The number of nitrogen functional groups attached to an aromatic ring is 1. The third-order valence-electron chi connectivity index (χ3n) is 1.38. The molecule has 62 valence electrons. The second-order valence-electron chi connectivity index (χ2n) is 2.75. The second kappa shape index (κ2) is 3.69. The number of nitrogens with one attached hydrogen (secondary N) is 1. The standard InChI is InChI=1S/C7H13N3S/c1-5(2)9-3-6-4-10-11-7(6)8/h4-5,9H,3,8H2,1-2H3. The van der Waals surface area contributed by atoms with E-state index in [4.69, 9.17) is 5.73 Å². The average Bonchev–Trinajstić information content (AvgIpc) is 2.31. The van der Waals surface area contributed by atoms with Crippen LogP contribution in [-0.4, -0.2) is 10.4 Å². The molecule has 0 spiro atoms.